The Hall–Kier alpha value is -2.03. The molecule has 0 aliphatic heterocycles. The van der Waals surface area contributed by atoms with Crippen LogP contribution >= 0.6 is 0 Å². The van der Waals surface area contributed by atoms with E-state index in [9.17, 15) is 18.0 Å². The maximum atomic E-state index is 12.5. The number of nitriles is 1. The normalized spacial score (nSPS) is 12.6. The summed E-state index contributed by atoms with van der Waals surface area (Å²) < 4.78 is 37.4. The first-order chi connectivity index (χ1) is 8.88. The van der Waals surface area contributed by atoms with E-state index in [4.69, 9.17) is 5.26 Å². The van der Waals surface area contributed by atoms with Crippen molar-refractivity contribution >= 4 is 5.91 Å². The highest BCUT2D eigenvalue weighted by Gasteiger charge is 2.30. The molecule has 0 bridgehead atoms. The predicted octanol–water partition coefficient (Wildman–Crippen LogP) is 2.87. The van der Waals surface area contributed by atoms with Crippen LogP contribution in [0.4, 0.5) is 13.2 Å². The van der Waals surface area contributed by atoms with E-state index in [-0.39, 0.29) is 6.54 Å². The molecule has 3 nitrogen and oxygen atoms in total. The van der Waals surface area contributed by atoms with Crippen molar-refractivity contribution in [1.29, 1.82) is 5.26 Å². The largest absolute Gasteiger partial charge is 0.416 e. The van der Waals surface area contributed by atoms with Gasteiger partial charge >= 0.3 is 6.18 Å². The number of carbonyl (C=O) groups excluding carboxylic acids is 1. The van der Waals surface area contributed by atoms with Gasteiger partial charge in [-0.25, -0.2) is 0 Å². The number of nitrogens with zero attached hydrogens (tertiary/aromatic N) is 1. The SMILES string of the molecule is CCC(C#N)C(=O)NCc1cccc(C(F)(F)F)c1. The average Bonchev–Trinajstić information content (AvgIpc) is 2.37. The van der Waals surface area contributed by atoms with Crippen LogP contribution in [0.15, 0.2) is 24.3 Å². The minimum atomic E-state index is -4.40. The molecule has 1 aromatic carbocycles. The summed E-state index contributed by atoms with van der Waals surface area (Å²) in [6.07, 6.45) is -4.04. The van der Waals surface area contributed by atoms with Gasteiger partial charge in [0.15, 0.2) is 0 Å². The second-order valence-electron chi connectivity index (χ2n) is 4.01. The summed E-state index contributed by atoms with van der Waals surface area (Å²) in [7, 11) is 0. The van der Waals surface area contributed by atoms with Crippen molar-refractivity contribution in [1.82, 2.24) is 5.32 Å². The maximum Gasteiger partial charge on any atom is 0.416 e. The number of amides is 1. The third kappa shape index (κ3) is 4.28. The quantitative estimate of drug-likeness (QED) is 0.914. The standard InChI is InChI=1S/C13H13F3N2O/c1-2-10(7-17)12(19)18-8-9-4-3-5-11(6-9)13(14,15)16/h3-6,10H,2,8H2,1H3,(H,18,19). The summed E-state index contributed by atoms with van der Waals surface area (Å²) >= 11 is 0. The summed E-state index contributed by atoms with van der Waals surface area (Å²) in [5, 5.41) is 11.1. The van der Waals surface area contributed by atoms with E-state index < -0.39 is 23.6 Å². The highest BCUT2D eigenvalue weighted by molar-refractivity contribution is 5.80. The van der Waals surface area contributed by atoms with Crippen LogP contribution in [0, 0.1) is 17.2 Å². The first kappa shape index (κ1) is 15.0. The van der Waals surface area contributed by atoms with Crippen molar-refractivity contribution in [3.63, 3.8) is 0 Å². The summed E-state index contributed by atoms with van der Waals surface area (Å²) in [5.41, 5.74) is -0.414. The Morgan fingerprint density at radius 3 is 2.68 bits per heavy atom. The molecular weight excluding hydrogens is 257 g/mol. The molecule has 0 heterocycles. The number of benzene rings is 1. The van der Waals surface area contributed by atoms with E-state index in [1.165, 1.54) is 12.1 Å². The molecule has 1 unspecified atom stereocenters. The van der Waals surface area contributed by atoms with Gasteiger partial charge in [0.2, 0.25) is 5.91 Å². The van der Waals surface area contributed by atoms with Gasteiger partial charge in [-0.1, -0.05) is 19.1 Å². The number of rotatable bonds is 4. The first-order valence-corrected chi connectivity index (χ1v) is 5.72. The number of alkyl halides is 3. The molecule has 0 radical (unpaired) electrons. The number of halogens is 3. The molecule has 0 aromatic heterocycles. The Kier molecular flexibility index (Phi) is 4.93. The Labute approximate surface area is 109 Å². The van der Waals surface area contributed by atoms with Crippen LogP contribution in [0.3, 0.4) is 0 Å². The molecule has 1 rings (SSSR count). The summed E-state index contributed by atoms with van der Waals surface area (Å²) in [6.45, 7) is 1.67. The molecule has 0 saturated heterocycles. The number of hydrogen-bond donors (Lipinski definition) is 1. The minimum absolute atomic E-state index is 0.0269. The van der Waals surface area contributed by atoms with Crippen molar-refractivity contribution in [2.24, 2.45) is 5.92 Å². The van der Waals surface area contributed by atoms with Crippen LogP contribution in [-0.4, -0.2) is 5.91 Å². The molecule has 102 valence electrons. The second kappa shape index (κ2) is 6.23. The fraction of sp³-hybridized carbons (Fsp3) is 0.385. The molecule has 19 heavy (non-hydrogen) atoms. The molecule has 0 fully saturated rings. The second-order valence-corrected chi connectivity index (χ2v) is 4.01. The lowest BCUT2D eigenvalue weighted by molar-refractivity contribution is -0.137. The van der Waals surface area contributed by atoms with E-state index in [1.54, 1.807) is 6.92 Å². The molecule has 1 aromatic rings. The Balaban J connectivity index is 2.69. The van der Waals surface area contributed by atoms with Gasteiger partial charge in [0.1, 0.15) is 5.92 Å². The van der Waals surface area contributed by atoms with E-state index in [2.05, 4.69) is 5.32 Å². The Bertz CT molecular complexity index is 491. The van der Waals surface area contributed by atoms with Crippen molar-refractivity contribution < 1.29 is 18.0 Å². The molecule has 1 atom stereocenters. The maximum absolute atomic E-state index is 12.5. The van der Waals surface area contributed by atoms with Crippen LogP contribution in [0.1, 0.15) is 24.5 Å². The van der Waals surface area contributed by atoms with Crippen LogP contribution < -0.4 is 5.32 Å². The highest BCUT2D eigenvalue weighted by atomic mass is 19.4. The zero-order chi connectivity index (χ0) is 14.5. The van der Waals surface area contributed by atoms with Gasteiger partial charge in [-0.2, -0.15) is 18.4 Å². The molecular formula is C13H13F3N2O. The van der Waals surface area contributed by atoms with Gasteiger partial charge in [0.25, 0.3) is 0 Å². The first-order valence-electron chi connectivity index (χ1n) is 5.72. The highest BCUT2D eigenvalue weighted by Crippen LogP contribution is 2.29. The molecule has 1 N–H and O–H groups in total. The van der Waals surface area contributed by atoms with Crippen molar-refractivity contribution in [3.8, 4) is 6.07 Å². The topological polar surface area (TPSA) is 52.9 Å². The summed E-state index contributed by atoms with van der Waals surface area (Å²) in [4.78, 5) is 11.5. The fourth-order valence-corrected chi connectivity index (χ4v) is 1.51. The van der Waals surface area contributed by atoms with Crippen molar-refractivity contribution in [3.05, 3.63) is 35.4 Å². The minimum Gasteiger partial charge on any atom is -0.351 e. The molecule has 0 aliphatic rings. The van der Waals surface area contributed by atoms with Gasteiger partial charge < -0.3 is 5.32 Å². The molecule has 0 aliphatic carbocycles. The van der Waals surface area contributed by atoms with Crippen molar-refractivity contribution in [2.75, 3.05) is 0 Å². The Morgan fingerprint density at radius 1 is 1.47 bits per heavy atom. The zero-order valence-corrected chi connectivity index (χ0v) is 10.3. The van der Waals surface area contributed by atoms with Gasteiger partial charge in [0, 0.05) is 6.54 Å². The number of carbonyl (C=O) groups is 1. The third-order valence-corrected chi connectivity index (χ3v) is 2.60. The average molecular weight is 270 g/mol. The zero-order valence-electron chi connectivity index (χ0n) is 10.3. The molecule has 6 heteroatoms. The lowest BCUT2D eigenvalue weighted by Gasteiger charge is -2.10. The molecule has 1 amide bonds. The Morgan fingerprint density at radius 2 is 2.16 bits per heavy atom. The smallest absolute Gasteiger partial charge is 0.351 e. The van der Waals surface area contributed by atoms with E-state index >= 15 is 0 Å². The molecule has 0 spiro atoms. The fourth-order valence-electron chi connectivity index (χ4n) is 1.51. The van der Waals surface area contributed by atoms with Gasteiger partial charge in [-0.15, -0.1) is 0 Å². The van der Waals surface area contributed by atoms with E-state index in [0.29, 0.717) is 12.0 Å². The van der Waals surface area contributed by atoms with Crippen LogP contribution in [0.5, 0.6) is 0 Å². The lowest BCUT2D eigenvalue weighted by Crippen LogP contribution is -2.29. The molecule has 0 saturated carbocycles. The van der Waals surface area contributed by atoms with Crippen LogP contribution in [0.25, 0.3) is 0 Å². The van der Waals surface area contributed by atoms with Crippen molar-refractivity contribution in [2.45, 2.75) is 26.1 Å². The van der Waals surface area contributed by atoms with Crippen LogP contribution in [0.2, 0.25) is 0 Å². The van der Waals surface area contributed by atoms with Gasteiger partial charge in [-0.05, 0) is 24.1 Å². The number of hydrogen-bond acceptors (Lipinski definition) is 2. The number of nitrogens with one attached hydrogen (secondary N) is 1. The van der Waals surface area contributed by atoms with Gasteiger partial charge in [0.05, 0.1) is 11.6 Å². The summed E-state index contributed by atoms with van der Waals surface area (Å²) in [5.74, 6) is -1.24. The third-order valence-electron chi connectivity index (χ3n) is 2.60. The monoisotopic (exact) mass is 270 g/mol. The lowest BCUT2D eigenvalue weighted by atomic mass is 10.1. The van der Waals surface area contributed by atoms with E-state index in [1.807, 2.05) is 6.07 Å². The summed E-state index contributed by atoms with van der Waals surface area (Å²) in [6, 6.07) is 6.55. The predicted molar refractivity (Wildman–Crippen MR) is 62.7 cm³/mol. The van der Waals surface area contributed by atoms with E-state index in [0.717, 1.165) is 12.1 Å². The van der Waals surface area contributed by atoms with Gasteiger partial charge in [-0.3, -0.25) is 4.79 Å². The van der Waals surface area contributed by atoms with Crippen LogP contribution in [-0.2, 0) is 17.5 Å².